The van der Waals surface area contributed by atoms with Crippen LogP contribution in [0.2, 0.25) is 0 Å². The predicted molar refractivity (Wildman–Crippen MR) is 62.4 cm³/mol. The van der Waals surface area contributed by atoms with Crippen LogP contribution < -0.4 is 10.1 Å². The van der Waals surface area contributed by atoms with Gasteiger partial charge in [0.15, 0.2) is 11.6 Å². The first-order valence-electron chi connectivity index (χ1n) is 5.21. The lowest BCUT2D eigenvalue weighted by Gasteiger charge is -2.26. The Labute approximate surface area is 95.2 Å². The van der Waals surface area contributed by atoms with Crippen molar-refractivity contribution in [3.8, 4) is 5.75 Å². The van der Waals surface area contributed by atoms with Crippen molar-refractivity contribution in [1.82, 2.24) is 0 Å². The number of rotatable bonds is 5. The zero-order valence-corrected chi connectivity index (χ0v) is 9.88. The smallest absolute Gasteiger partial charge is 0.167 e. The maximum atomic E-state index is 13.4. The molecule has 0 aliphatic heterocycles. The van der Waals surface area contributed by atoms with Crippen molar-refractivity contribution in [1.29, 1.82) is 0 Å². The van der Waals surface area contributed by atoms with Gasteiger partial charge in [0.25, 0.3) is 0 Å². The average molecular weight is 227 g/mol. The third kappa shape index (κ3) is 3.38. The van der Waals surface area contributed by atoms with Crippen LogP contribution in [0.3, 0.4) is 0 Å². The molecule has 0 aliphatic rings. The molecule has 0 atom stereocenters. The van der Waals surface area contributed by atoms with E-state index in [0.29, 0.717) is 12.1 Å². The van der Waals surface area contributed by atoms with Crippen molar-refractivity contribution in [2.24, 2.45) is 0 Å². The van der Waals surface area contributed by atoms with Crippen molar-refractivity contribution < 1.29 is 14.2 Å². The number of methoxy groups -OCH3 is 1. The van der Waals surface area contributed by atoms with Gasteiger partial charge in [-0.2, -0.15) is 0 Å². The van der Waals surface area contributed by atoms with E-state index in [-0.39, 0.29) is 17.9 Å². The van der Waals surface area contributed by atoms with Crippen LogP contribution in [0, 0.1) is 5.82 Å². The van der Waals surface area contributed by atoms with E-state index in [1.807, 2.05) is 13.8 Å². The molecule has 3 nitrogen and oxygen atoms in total. The Balaban J connectivity index is 2.78. The molecule has 0 saturated carbocycles. The third-order valence-corrected chi connectivity index (χ3v) is 2.37. The molecule has 0 aromatic heterocycles. The number of benzene rings is 1. The maximum Gasteiger partial charge on any atom is 0.167 e. The van der Waals surface area contributed by atoms with Gasteiger partial charge in [-0.1, -0.05) is 0 Å². The highest BCUT2D eigenvalue weighted by Crippen LogP contribution is 2.23. The van der Waals surface area contributed by atoms with Gasteiger partial charge in [-0.3, -0.25) is 0 Å². The monoisotopic (exact) mass is 227 g/mol. The molecule has 90 valence electrons. The Morgan fingerprint density at radius 3 is 2.62 bits per heavy atom. The lowest BCUT2D eigenvalue weighted by atomic mass is 10.0. The van der Waals surface area contributed by atoms with Gasteiger partial charge in [-0.25, -0.2) is 4.39 Å². The topological polar surface area (TPSA) is 41.5 Å². The molecule has 4 heteroatoms. The minimum Gasteiger partial charge on any atom is -0.494 e. The van der Waals surface area contributed by atoms with E-state index in [2.05, 4.69) is 5.32 Å². The number of aliphatic hydroxyl groups excluding tert-OH is 1. The summed E-state index contributed by atoms with van der Waals surface area (Å²) in [6.45, 7) is 4.00. The highest BCUT2D eigenvalue weighted by atomic mass is 19.1. The minimum atomic E-state index is -0.396. The molecule has 0 heterocycles. The van der Waals surface area contributed by atoms with E-state index >= 15 is 0 Å². The fourth-order valence-corrected chi connectivity index (χ4v) is 1.48. The molecule has 1 rings (SSSR count). The Bertz CT molecular complexity index is 353. The van der Waals surface area contributed by atoms with Crippen LogP contribution in [0.4, 0.5) is 10.1 Å². The SMILES string of the molecule is COc1ccc(NC(C)(C)CCO)cc1F. The Hall–Kier alpha value is -1.29. The standard InChI is InChI=1S/C12H18FNO2/c1-12(2,6-7-15)14-9-4-5-11(16-3)10(13)8-9/h4-5,8,14-15H,6-7H2,1-3H3. The van der Waals surface area contributed by atoms with Gasteiger partial charge in [0.2, 0.25) is 0 Å². The van der Waals surface area contributed by atoms with Crippen LogP contribution >= 0.6 is 0 Å². The summed E-state index contributed by atoms with van der Waals surface area (Å²) in [6.07, 6.45) is 0.598. The highest BCUT2D eigenvalue weighted by molar-refractivity contribution is 5.48. The van der Waals surface area contributed by atoms with Gasteiger partial charge >= 0.3 is 0 Å². The third-order valence-electron chi connectivity index (χ3n) is 2.37. The normalized spacial score (nSPS) is 11.3. The molecule has 0 unspecified atom stereocenters. The van der Waals surface area contributed by atoms with Crippen molar-refractivity contribution in [3.05, 3.63) is 24.0 Å². The van der Waals surface area contributed by atoms with Gasteiger partial charge in [0, 0.05) is 23.9 Å². The van der Waals surface area contributed by atoms with Crippen LogP contribution in [-0.2, 0) is 0 Å². The summed E-state index contributed by atoms with van der Waals surface area (Å²) in [5, 5.41) is 12.0. The van der Waals surface area contributed by atoms with Crippen molar-refractivity contribution in [3.63, 3.8) is 0 Å². The van der Waals surface area contributed by atoms with E-state index in [4.69, 9.17) is 9.84 Å². The van der Waals surface area contributed by atoms with Gasteiger partial charge in [0.1, 0.15) is 0 Å². The number of aliphatic hydroxyl groups is 1. The number of nitrogens with one attached hydrogen (secondary N) is 1. The highest BCUT2D eigenvalue weighted by Gasteiger charge is 2.17. The molecule has 1 aromatic rings. The number of halogens is 1. The number of hydrogen-bond donors (Lipinski definition) is 2. The second-order valence-electron chi connectivity index (χ2n) is 4.33. The summed E-state index contributed by atoms with van der Waals surface area (Å²) in [5.74, 6) is -0.169. The van der Waals surface area contributed by atoms with Gasteiger partial charge in [-0.05, 0) is 32.4 Å². The molecule has 0 spiro atoms. The number of ether oxygens (including phenoxy) is 1. The predicted octanol–water partition coefficient (Wildman–Crippen LogP) is 2.41. The summed E-state index contributed by atoms with van der Waals surface area (Å²) in [7, 11) is 1.43. The Kier molecular flexibility index (Phi) is 4.12. The summed E-state index contributed by atoms with van der Waals surface area (Å²) < 4.78 is 18.2. The number of anilines is 1. The molecule has 16 heavy (non-hydrogen) atoms. The molecule has 1 aromatic carbocycles. The van der Waals surface area contributed by atoms with Gasteiger partial charge in [-0.15, -0.1) is 0 Å². The summed E-state index contributed by atoms with van der Waals surface area (Å²) >= 11 is 0. The zero-order chi connectivity index (χ0) is 12.2. The van der Waals surface area contributed by atoms with Crippen LogP contribution in [-0.4, -0.2) is 24.4 Å². The lowest BCUT2D eigenvalue weighted by Crippen LogP contribution is -2.31. The summed E-state index contributed by atoms with van der Waals surface area (Å²) in [6, 6.07) is 4.71. The minimum absolute atomic E-state index is 0.0959. The average Bonchev–Trinajstić information content (AvgIpc) is 2.17. The van der Waals surface area contributed by atoms with Crippen molar-refractivity contribution in [2.45, 2.75) is 25.8 Å². The van der Waals surface area contributed by atoms with E-state index < -0.39 is 5.82 Å². The van der Waals surface area contributed by atoms with Crippen molar-refractivity contribution >= 4 is 5.69 Å². The largest absolute Gasteiger partial charge is 0.494 e. The van der Waals surface area contributed by atoms with E-state index in [0.717, 1.165) is 0 Å². The Morgan fingerprint density at radius 1 is 1.44 bits per heavy atom. The molecule has 2 N–H and O–H groups in total. The molecule has 0 radical (unpaired) electrons. The van der Waals surface area contributed by atoms with Gasteiger partial charge < -0.3 is 15.2 Å². The quantitative estimate of drug-likeness (QED) is 0.811. The summed E-state index contributed by atoms with van der Waals surface area (Å²) in [4.78, 5) is 0. The molecule has 0 saturated heterocycles. The van der Waals surface area contributed by atoms with Crippen LogP contribution in [0.15, 0.2) is 18.2 Å². The van der Waals surface area contributed by atoms with Crippen LogP contribution in [0.5, 0.6) is 5.75 Å². The first kappa shape index (κ1) is 12.8. The fraction of sp³-hybridized carbons (Fsp3) is 0.500. The van der Waals surface area contributed by atoms with E-state index in [1.54, 1.807) is 12.1 Å². The fourth-order valence-electron chi connectivity index (χ4n) is 1.48. The molecule has 0 aliphatic carbocycles. The molecule has 0 amide bonds. The van der Waals surface area contributed by atoms with Crippen LogP contribution in [0.1, 0.15) is 20.3 Å². The second-order valence-corrected chi connectivity index (χ2v) is 4.33. The summed E-state index contributed by atoms with van der Waals surface area (Å²) in [5.41, 5.74) is 0.409. The second kappa shape index (κ2) is 5.16. The number of hydrogen-bond acceptors (Lipinski definition) is 3. The molecule has 0 fully saturated rings. The first-order chi connectivity index (χ1) is 7.48. The lowest BCUT2D eigenvalue weighted by molar-refractivity contribution is 0.261. The molecule has 0 bridgehead atoms. The Morgan fingerprint density at radius 2 is 2.12 bits per heavy atom. The van der Waals surface area contributed by atoms with E-state index in [9.17, 15) is 4.39 Å². The maximum absolute atomic E-state index is 13.4. The van der Waals surface area contributed by atoms with Crippen molar-refractivity contribution in [2.75, 3.05) is 19.0 Å². The zero-order valence-electron chi connectivity index (χ0n) is 9.88. The van der Waals surface area contributed by atoms with Crippen LogP contribution in [0.25, 0.3) is 0 Å². The van der Waals surface area contributed by atoms with Gasteiger partial charge in [0.05, 0.1) is 7.11 Å². The van der Waals surface area contributed by atoms with E-state index in [1.165, 1.54) is 13.2 Å². The molecular formula is C12H18FNO2. The first-order valence-corrected chi connectivity index (χ1v) is 5.21. The molecular weight excluding hydrogens is 209 g/mol.